The fourth-order valence-electron chi connectivity index (χ4n) is 3.25. The summed E-state index contributed by atoms with van der Waals surface area (Å²) in [6.07, 6.45) is 3.68. The van der Waals surface area contributed by atoms with Gasteiger partial charge in [0.1, 0.15) is 5.82 Å². The van der Waals surface area contributed by atoms with Gasteiger partial charge in [0.25, 0.3) is 0 Å². The molecule has 1 N–H and O–H groups in total. The number of hydrogen-bond donors (Lipinski definition) is 1. The van der Waals surface area contributed by atoms with Gasteiger partial charge in [-0.2, -0.15) is 0 Å². The Morgan fingerprint density at radius 3 is 2.62 bits per heavy atom. The summed E-state index contributed by atoms with van der Waals surface area (Å²) in [5.41, 5.74) is 4.97. The first-order chi connectivity index (χ1) is 14.0. The Hall–Kier alpha value is -3.34. The molecule has 0 saturated heterocycles. The van der Waals surface area contributed by atoms with Crippen molar-refractivity contribution in [3.05, 3.63) is 102 Å². The van der Waals surface area contributed by atoms with E-state index in [9.17, 15) is 9.18 Å². The van der Waals surface area contributed by atoms with Gasteiger partial charge < -0.3 is 14.8 Å². The highest BCUT2D eigenvalue weighted by Gasteiger charge is 2.16. The summed E-state index contributed by atoms with van der Waals surface area (Å²) in [6.45, 7) is 9.27. The van der Waals surface area contributed by atoms with Crippen LogP contribution in [-0.2, 0) is 13.1 Å². The third-order valence-corrected chi connectivity index (χ3v) is 4.80. The second-order valence-electron chi connectivity index (χ2n) is 7.17. The normalized spacial score (nSPS) is 10.6. The van der Waals surface area contributed by atoms with Crippen molar-refractivity contribution in [3.8, 4) is 0 Å². The molecule has 29 heavy (non-hydrogen) atoms. The molecule has 0 aliphatic rings. The van der Waals surface area contributed by atoms with Crippen molar-refractivity contribution in [2.75, 3.05) is 11.9 Å². The van der Waals surface area contributed by atoms with E-state index in [4.69, 9.17) is 0 Å². The monoisotopic (exact) mass is 391 g/mol. The molecule has 3 rings (SSSR count). The first-order valence-electron chi connectivity index (χ1n) is 9.59. The molecule has 150 valence electrons. The van der Waals surface area contributed by atoms with Gasteiger partial charge in [-0.05, 0) is 55.3 Å². The van der Waals surface area contributed by atoms with Gasteiger partial charge in [-0.25, -0.2) is 9.18 Å². The van der Waals surface area contributed by atoms with Crippen molar-refractivity contribution < 1.29 is 9.18 Å². The van der Waals surface area contributed by atoms with E-state index in [1.165, 1.54) is 12.1 Å². The SMILES string of the molecule is C=CCN(Cc1cccn1Cc1ccc(F)cc1)C(=O)Nc1ccc(C)cc1C. The van der Waals surface area contributed by atoms with Gasteiger partial charge in [0, 0.05) is 30.7 Å². The van der Waals surface area contributed by atoms with Crippen molar-refractivity contribution in [1.29, 1.82) is 0 Å². The van der Waals surface area contributed by atoms with E-state index in [0.29, 0.717) is 19.6 Å². The fraction of sp³-hybridized carbons (Fsp3) is 0.208. The number of carbonyl (C=O) groups is 1. The molecule has 0 fully saturated rings. The molecule has 1 aromatic heterocycles. The van der Waals surface area contributed by atoms with Gasteiger partial charge in [0.15, 0.2) is 0 Å². The molecule has 5 heteroatoms. The zero-order chi connectivity index (χ0) is 20.8. The van der Waals surface area contributed by atoms with Crippen LogP contribution in [0.25, 0.3) is 0 Å². The summed E-state index contributed by atoms with van der Waals surface area (Å²) in [5.74, 6) is -0.248. The minimum atomic E-state index is -0.248. The van der Waals surface area contributed by atoms with Crippen LogP contribution in [0.3, 0.4) is 0 Å². The molecule has 0 unspecified atom stereocenters. The number of aromatic nitrogens is 1. The van der Waals surface area contributed by atoms with Crippen molar-refractivity contribution in [3.63, 3.8) is 0 Å². The van der Waals surface area contributed by atoms with Crippen LogP contribution in [0.2, 0.25) is 0 Å². The van der Waals surface area contributed by atoms with Crippen molar-refractivity contribution in [2.24, 2.45) is 0 Å². The number of halogens is 1. The van der Waals surface area contributed by atoms with E-state index in [-0.39, 0.29) is 11.8 Å². The summed E-state index contributed by atoms with van der Waals surface area (Å²) < 4.78 is 15.2. The molecular formula is C24H26FN3O. The van der Waals surface area contributed by atoms with Crippen LogP contribution in [0.15, 0.2) is 73.4 Å². The molecule has 0 saturated carbocycles. The number of carbonyl (C=O) groups excluding carboxylic acids is 1. The molecule has 0 radical (unpaired) electrons. The molecule has 2 amide bonds. The van der Waals surface area contributed by atoms with Gasteiger partial charge in [0.05, 0.1) is 6.54 Å². The van der Waals surface area contributed by atoms with Crippen LogP contribution in [-0.4, -0.2) is 22.0 Å². The Morgan fingerprint density at radius 1 is 1.17 bits per heavy atom. The smallest absolute Gasteiger partial charge is 0.322 e. The molecule has 3 aromatic rings. The van der Waals surface area contributed by atoms with Gasteiger partial charge in [0.2, 0.25) is 0 Å². The number of hydrogen-bond acceptors (Lipinski definition) is 1. The lowest BCUT2D eigenvalue weighted by Gasteiger charge is -2.23. The maximum absolute atomic E-state index is 13.2. The van der Waals surface area contributed by atoms with E-state index in [2.05, 4.69) is 16.5 Å². The van der Waals surface area contributed by atoms with Crippen LogP contribution in [0.5, 0.6) is 0 Å². The number of aryl methyl sites for hydroxylation is 2. The predicted molar refractivity (Wildman–Crippen MR) is 115 cm³/mol. The Labute approximate surface area is 171 Å². The van der Waals surface area contributed by atoms with Crippen LogP contribution in [0.1, 0.15) is 22.4 Å². The van der Waals surface area contributed by atoms with Crippen LogP contribution >= 0.6 is 0 Å². The standard InChI is InChI=1S/C24H26FN3O/c1-4-13-28(24(29)26-23-12-7-18(2)15-19(23)3)17-22-6-5-14-27(22)16-20-8-10-21(25)11-9-20/h4-12,14-15H,1,13,16-17H2,2-3H3,(H,26,29). The highest BCUT2D eigenvalue weighted by atomic mass is 19.1. The maximum atomic E-state index is 13.2. The fourth-order valence-corrected chi connectivity index (χ4v) is 3.25. The third kappa shape index (κ3) is 5.35. The van der Waals surface area contributed by atoms with Crippen molar-refractivity contribution in [1.82, 2.24) is 9.47 Å². The van der Waals surface area contributed by atoms with E-state index in [1.54, 1.807) is 23.1 Å². The number of nitrogens with one attached hydrogen (secondary N) is 1. The van der Waals surface area contributed by atoms with Gasteiger partial charge in [-0.3, -0.25) is 0 Å². The van der Waals surface area contributed by atoms with E-state index < -0.39 is 0 Å². The summed E-state index contributed by atoms with van der Waals surface area (Å²) in [5, 5.41) is 3.00. The number of rotatable bonds is 7. The number of amides is 2. The van der Waals surface area contributed by atoms with Crippen LogP contribution < -0.4 is 5.32 Å². The minimum absolute atomic E-state index is 0.175. The van der Waals surface area contributed by atoms with Gasteiger partial charge in [-0.1, -0.05) is 35.9 Å². The molecule has 4 nitrogen and oxygen atoms in total. The Kier molecular flexibility index (Phi) is 6.50. The van der Waals surface area contributed by atoms with Crippen molar-refractivity contribution >= 4 is 11.7 Å². The van der Waals surface area contributed by atoms with Crippen LogP contribution in [0.4, 0.5) is 14.9 Å². The second kappa shape index (κ2) is 9.24. The summed E-state index contributed by atoms with van der Waals surface area (Å²) in [6, 6.07) is 16.2. The summed E-state index contributed by atoms with van der Waals surface area (Å²) in [7, 11) is 0. The lowest BCUT2D eigenvalue weighted by molar-refractivity contribution is 0.214. The largest absolute Gasteiger partial charge is 0.345 e. The first-order valence-corrected chi connectivity index (χ1v) is 9.59. The molecule has 2 aromatic carbocycles. The number of anilines is 1. The topological polar surface area (TPSA) is 37.3 Å². The quantitative estimate of drug-likeness (QED) is 0.530. The molecule has 0 atom stereocenters. The lowest BCUT2D eigenvalue weighted by Crippen LogP contribution is -2.35. The van der Waals surface area contributed by atoms with Gasteiger partial charge in [-0.15, -0.1) is 6.58 Å². The molecule has 0 bridgehead atoms. The Bertz CT molecular complexity index is 992. The maximum Gasteiger partial charge on any atom is 0.322 e. The molecule has 0 aliphatic carbocycles. The molecular weight excluding hydrogens is 365 g/mol. The number of benzene rings is 2. The zero-order valence-corrected chi connectivity index (χ0v) is 16.9. The minimum Gasteiger partial charge on any atom is -0.345 e. The Balaban J connectivity index is 1.73. The molecule has 0 aliphatic heterocycles. The number of urea groups is 1. The predicted octanol–water partition coefficient (Wildman–Crippen LogP) is 5.51. The van der Waals surface area contributed by atoms with Gasteiger partial charge >= 0.3 is 6.03 Å². The molecule has 1 heterocycles. The molecule has 0 spiro atoms. The average Bonchev–Trinajstić information content (AvgIpc) is 3.12. The number of nitrogens with zero attached hydrogens (tertiary/aromatic N) is 2. The second-order valence-corrected chi connectivity index (χ2v) is 7.17. The summed E-state index contributed by atoms with van der Waals surface area (Å²) >= 11 is 0. The van der Waals surface area contributed by atoms with E-state index >= 15 is 0 Å². The van der Waals surface area contributed by atoms with Crippen LogP contribution in [0, 0.1) is 19.7 Å². The zero-order valence-electron chi connectivity index (χ0n) is 16.9. The van der Waals surface area contributed by atoms with E-state index in [1.807, 2.05) is 50.4 Å². The first kappa shape index (κ1) is 20.4. The highest BCUT2D eigenvalue weighted by molar-refractivity contribution is 5.90. The third-order valence-electron chi connectivity index (χ3n) is 4.80. The summed E-state index contributed by atoms with van der Waals surface area (Å²) in [4.78, 5) is 14.6. The Morgan fingerprint density at radius 2 is 1.93 bits per heavy atom. The average molecular weight is 391 g/mol. The van der Waals surface area contributed by atoms with E-state index in [0.717, 1.165) is 28.1 Å². The lowest BCUT2D eigenvalue weighted by atomic mass is 10.1. The van der Waals surface area contributed by atoms with Crippen molar-refractivity contribution in [2.45, 2.75) is 26.9 Å². The highest BCUT2D eigenvalue weighted by Crippen LogP contribution is 2.18.